The maximum atomic E-state index is 12.1. The van der Waals surface area contributed by atoms with Gasteiger partial charge in [0.2, 0.25) is 5.91 Å². The van der Waals surface area contributed by atoms with Gasteiger partial charge < -0.3 is 10.6 Å². The van der Waals surface area contributed by atoms with Crippen molar-refractivity contribution in [1.29, 1.82) is 0 Å². The van der Waals surface area contributed by atoms with Crippen LogP contribution < -0.4 is 10.6 Å². The number of rotatable bonds is 7. The minimum atomic E-state index is -0.193. The molecular weight excluding hydrogens is 360 g/mol. The van der Waals surface area contributed by atoms with Gasteiger partial charge in [-0.2, -0.15) is 0 Å². The highest BCUT2D eigenvalue weighted by Gasteiger charge is 2.09. The molecule has 0 spiro atoms. The minimum absolute atomic E-state index is 0.0794. The van der Waals surface area contributed by atoms with Gasteiger partial charge in [0.15, 0.2) is 5.78 Å². The van der Waals surface area contributed by atoms with Gasteiger partial charge in [0.1, 0.15) is 0 Å². The number of nitrogens with one attached hydrogen (secondary N) is 2. The molecule has 5 heteroatoms. The van der Waals surface area contributed by atoms with E-state index in [1.165, 1.54) is 0 Å². The van der Waals surface area contributed by atoms with Crippen molar-refractivity contribution in [3.8, 4) is 0 Å². The van der Waals surface area contributed by atoms with E-state index in [2.05, 4.69) is 10.6 Å². The molecule has 27 heavy (non-hydrogen) atoms. The molecule has 0 heterocycles. The normalized spacial score (nSPS) is 10.3. The maximum absolute atomic E-state index is 12.1. The number of amides is 1. The van der Waals surface area contributed by atoms with Crippen molar-refractivity contribution in [2.24, 2.45) is 0 Å². The number of anilines is 3. The predicted octanol–water partition coefficient (Wildman–Crippen LogP) is 5.69. The Morgan fingerprint density at radius 2 is 1.30 bits per heavy atom. The quantitative estimate of drug-likeness (QED) is 0.519. The second kappa shape index (κ2) is 9.01. The third kappa shape index (κ3) is 5.69. The third-order valence-corrected chi connectivity index (χ3v) is 4.23. The van der Waals surface area contributed by atoms with Crippen LogP contribution in [0.1, 0.15) is 23.2 Å². The molecular formula is C22H19ClN2O2. The molecule has 0 atom stereocenters. The van der Waals surface area contributed by atoms with E-state index in [9.17, 15) is 9.59 Å². The molecule has 4 nitrogen and oxygen atoms in total. The molecule has 1 amide bonds. The average Bonchev–Trinajstić information content (AvgIpc) is 2.69. The Bertz CT molecular complexity index is 907. The van der Waals surface area contributed by atoms with Gasteiger partial charge in [-0.1, -0.05) is 29.8 Å². The Hall–Kier alpha value is -3.11. The number of para-hydroxylation sites is 1. The van der Waals surface area contributed by atoms with Crippen molar-refractivity contribution >= 4 is 40.4 Å². The lowest BCUT2D eigenvalue weighted by atomic mass is 10.1. The van der Waals surface area contributed by atoms with Crippen molar-refractivity contribution in [1.82, 2.24) is 0 Å². The first-order valence-electron chi connectivity index (χ1n) is 8.61. The lowest BCUT2D eigenvalue weighted by Gasteiger charge is -2.08. The number of hydrogen-bond acceptors (Lipinski definition) is 3. The predicted molar refractivity (Wildman–Crippen MR) is 110 cm³/mol. The van der Waals surface area contributed by atoms with Crippen molar-refractivity contribution in [2.75, 3.05) is 10.6 Å². The molecule has 0 aliphatic heterocycles. The number of Topliss-reactive ketones (excluding diaryl/α,β-unsaturated/α-hetero) is 1. The largest absolute Gasteiger partial charge is 0.356 e. The Morgan fingerprint density at radius 1 is 0.704 bits per heavy atom. The van der Waals surface area contributed by atoms with E-state index in [0.29, 0.717) is 16.3 Å². The van der Waals surface area contributed by atoms with Crippen LogP contribution in [0.4, 0.5) is 17.1 Å². The standard InChI is InChI=1S/C22H19ClN2O2/c23-17-8-6-16(7-9-17)21(26)14-15-22(27)25-20-12-10-19(11-13-20)24-18-4-2-1-3-5-18/h1-13,24H,14-15H2,(H,25,27). The number of hydrogen-bond donors (Lipinski definition) is 2. The van der Waals surface area contributed by atoms with Crippen LogP contribution in [-0.4, -0.2) is 11.7 Å². The van der Waals surface area contributed by atoms with Crippen LogP contribution in [-0.2, 0) is 4.79 Å². The van der Waals surface area contributed by atoms with E-state index in [4.69, 9.17) is 11.6 Å². The molecule has 136 valence electrons. The molecule has 0 unspecified atom stereocenters. The Morgan fingerprint density at radius 3 is 1.96 bits per heavy atom. The van der Waals surface area contributed by atoms with E-state index >= 15 is 0 Å². The lowest BCUT2D eigenvalue weighted by Crippen LogP contribution is -2.13. The molecule has 0 aromatic heterocycles. The summed E-state index contributed by atoms with van der Waals surface area (Å²) in [5.41, 5.74) is 3.17. The summed E-state index contributed by atoms with van der Waals surface area (Å²) in [7, 11) is 0. The second-order valence-corrected chi connectivity index (χ2v) is 6.48. The Balaban J connectivity index is 1.49. The molecule has 3 aromatic rings. The Labute approximate surface area is 163 Å². The summed E-state index contributed by atoms with van der Waals surface area (Å²) in [4.78, 5) is 24.2. The average molecular weight is 379 g/mol. The van der Waals surface area contributed by atoms with Gasteiger partial charge in [0.25, 0.3) is 0 Å². The molecule has 0 radical (unpaired) electrons. The number of ketones is 1. The van der Waals surface area contributed by atoms with Crippen molar-refractivity contribution in [3.05, 3.63) is 89.4 Å². The van der Waals surface area contributed by atoms with Crippen LogP contribution in [0.5, 0.6) is 0 Å². The molecule has 2 N–H and O–H groups in total. The highest BCUT2D eigenvalue weighted by molar-refractivity contribution is 6.30. The maximum Gasteiger partial charge on any atom is 0.224 e. The first kappa shape index (κ1) is 18.7. The SMILES string of the molecule is O=C(CCC(=O)c1ccc(Cl)cc1)Nc1ccc(Nc2ccccc2)cc1. The van der Waals surface area contributed by atoms with E-state index in [-0.39, 0.29) is 24.5 Å². The summed E-state index contributed by atoms with van der Waals surface area (Å²) in [5.74, 6) is -0.273. The van der Waals surface area contributed by atoms with E-state index in [1.807, 2.05) is 54.6 Å². The highest BCUT2D eigenvalue weighted by Crippen LogP contribution is 2.19. The number of carbonyl (C=O) groups excluding carboxylic acids is 2. The fourth-order valence-electron chi connectivity index (χ4n) is 2.56. The lowest BCUT2D eigenvalue weighted by molar-refractivity contribution is -0.116. The van der Waals surface area contributed by atoms with Crippen molar-refractivity contribution < 1.29 is 9.59 Å². The van der Waals surface area contributed by atoms with Gasteiger partial charge in [-0.3, -0.25) is 9.59 Å². The molecule has 0 saturated heterocycles. The number of halogens is 1. The summed E-state index contributed by atoms with van der Waals surface area (Å²) in [6.45, 7) is 0. The number of benzene rings is 3. The highest BCUT2D eigenvalue weighted by atomic mass is 35.5. The fourth-order valence-corrected chi connectivity index (χ4v) is 2.68. The van der Waals surface area contributed by atoms with Gasteiger partial charge in [-0.25, -0.2) is 0 Å². The minimum Gasteiger partial charge on any atom is -0.356 e. The Kier molecular flexibility index (Phi) is 6.23. The smallest absolute Gasteiger partial charge is 0.224 e. The van der Waals surface area contributed by atoms with Crippen LogP contribution in [0, 0.1) is 0 Å². The molecule has 3 aromatic carbocycles. The topological polar surface area (TPSA) is 58.2 Å². The summed E-state index contributed by atoms with van der Waals surface area (Å²) in [5, 5.41) is 6.67. The molecule has 0 bridgehead atoms. The zero-order valence-corrected chi connectivity index (χ0v) is 15.4. The van der Waals surface area contributed by atoms with Gasteiger partial charge >= 0.3 is 0 Å². The first-order valence-corrected chi connectivity index (χ1v) is 8.99. The van der Waals surface area contributed by atoms with Crippen LogP contribution in [0.15, 0.2) is 78.9 Å². The van der Waals surface area contributed by atoms with E-state index in [1.54, 1.807) is 24.3 Å². The zero-order chi connectivity index (χ0) is 19.1. The van der Waals surface area contributed by atoms with Crippen LogP contribution >= 0.6 is 11.6 Å². The van der Waals surface area contributed by atoms with Gasteiger partial charge in [-0.05, 0) is 60.7 Å². The van der Waals surface area contributed by atoms with Gasteiger partial charge in [0, 0.05) is 40.5 Å². The summed E-state index contributed by atoms with van der Waals surface area (Å²) < 4.78 is 0. The number of carbonyl (C=O) groups is 2. The van der Waals surface area contributed by atoms with E-state index < -0.39 is 0 Å². The molecule has 0 aliphatic rings. The van der Waals surface area contributed by atoms with Crippen LogP contribution in [0.3, 0.4) is 0 Å². The monoisotopic (exact) mass is 378 g/mol. The fraction of sp³-hybridized carbons (Fsp3) is 0.0909. The molecule has 3 rings (SSSR count). The zero-order valence-electron chi connectivity index (χ0n) is 14.6. The third-order valence-electron chi connectivity index (χ3n) is 3.98. The molecule has 0 fully saturated rings. The van der Waals surface area contributed by atoms with Crippen molar-refractivity contribution in [2.45, 2.75) is 12.8 Å². The first-order chi connectivity index (χ1) is 13.1. The van der Waals surface area contributed by atoms with E-state index in [0.717, 1.165) is 11.4 Å². The summed E-state index contributed by atoms with van der Waals surface area (Å²) in [6.07, 6.45) is 0.284. The molecule has 0 saturated carbocycles. The van der Waals surface area contributed by atoms with Crippen LogP contribution in [0.25, 0.3) is 0 Å². The van der Waals surface area contributed by atoms with Crippen molar-refractivity contribution in [3.63, 3.8) is 0 Å². The molecule has 0 aliphatic carbocycles. The van der Waals surface area contributed by atoms with Crippen LogP contribution in [0.2, 0.25) is 5.02 Å². The summed E-state index contributed by atoms with van der Waals surface area (Å²) >= 11 is 5.81. The van der Waals surface area contributed by atoms with Gasteiger partial charge in [0.05, 0.1) is 0 Å². The second-order valence-electron chi connectivity index (χ2n) is 6.05. The van der Waals surface area contributed by atoms with Gasteiger partial charge in [-0.15, -0.1) is 0 Å². The summed E-state index contributed by atoms with van der Waals surface area (Å²) in [6, 6.07) is 23.9.